The zero-order valence-corrected chi connectivity index (χ0v) is 16.0. The SMILES string of the molecule is CCCCN1CC(OCc2ccccc2F)CN(C(=O)c2ccco2)CC1=O. The standard InChI is InChI=1S/C21H25FN2O4/c1-2-3-10-23-12-17(28-15-16-7-4-5-8-18(16)22)13-24(14-20(23)25)21(26)19-9-6-11-27-19/h4-9,11,17H,2-3,10,12-15H2,1H3. The predicted octanol–water partition coefficient (Wildman–Crippen LogP) is 3.09. The fourth-order valence-corrected chi connectivity index (χ4v) is 3.18. The van der Waals surface area contributed by atoms with E-state index in [0.717, 1.165) is 12.8 Å². The average molecular weight is 388 g/mol. The maximum atomic E-state index is 13.9. The molecule has 0 spiro atoms. The van der Waals surface area contributed by atoms with Crippen LogP contribution < -0.4 is 0 Å². The van der Waals surface area contributed by atoms with Gasteiger partial charge < -0.3 is 19.0 Å². The predicted molar refractivity (Wildman–Crippen MR) is 101 cm³/mol. The van der Waals surface area contributed by atoms with Gasteiger partial charge in [0.1, 0.15) is 12.4 Å². The Morgan fingerprint density at radius 2 is 2.07 bits per heavy atom. The van der Waals surface area contributed by atoms with Gasteiger partial charge in [-0.05, 0) is 24.6 Å². The first-order valence-corrected chi connectivity index (χ1v) is 9.54. The van der Waals surface area contributed by atoms with Crippen LogP contribution in [0.5, 0.6) is 0 Å². The van der Waals surface area contributed by atoms with E-state index in [1.54, 1.807) is 35.2 Å². The van der Waals surface area contributed by atoms with Crippen LogP contribution in [0.25, 0.3) is 0 Å². The second-order valence-electron chi connectivity index (χ2n) is 6.88. The Morgan fingerprint density at radius 1 is 1.25 bits per heavy atom. The van der Waals surface area contributed by atoms with Crippen molar-refractivity contribution in [2.45, 2.75) is 32.5 Å². The number of hydrogen-bond donors (Lipinski definition) is 0. The van der Waals surface area contributed by atoms with Crippen molar-refractivity contribution in [3.05, 3.63) is 59.8 Å². The van der Waals surface area contributed by atoms with Gasteiger partial charge >= 0.3 is 0 Å². The van der Waals surface area contributed by atoms with Gasteiger partial charge in [-0.15, -0.1) is 0 Å². The fraction of sp³-hybridized carbons (Fsp3) is 0.429. The highest BCUT2D eigenvalue weighted by atomic mass is 19.1. The van der Waals surface area contributed by atoms with Crippen molar-refractivity contribution >= 4 is 11.8 Å². The van der Waals surface area contributed by atoms with Crippen LogP contribution in [0.4, 0.5) is 4.39 Å². The summed E-state index contributed by atoms with van der Waals surface area (Å²) in [6, 6.07) is 9.62. The third kappa shape index (κ3) is 4.98. The highest BCUT2D eigenvalue weighted by Crippen LogP contribution is 2.16. The number of nitrogens with zero attached hydrogens (tertiary/aromatic N) is 2. The lowest BCUT2D eigenvalue weighted by molar-refractivity contribution is -0.131. The summed E-state index contributed by atoms with van der Waals surface area (Å²) in [6.07, 6.45) is 2.84. The van der Waals surface area contributed by atoms with Crippen molar-refractivity contribution in [2.75, 3.05) is 26.2 Å². The van der Waals surface area contributed by atoms with Crippen molar-refractivity contribution in [3.63, 3.8) is 0 Å². The largest absolute Gasteiger partial charge is 0.459 e. The van der Waals surface area contributed by atoms with E-state index in [4.69, 9.17) is 9.15 Å². The van der Waals surface area contributed by atoms with Crippen molar-refractivity contribution < 1.29 is 23.1 Å². The summed E-state index contributed by atoms with van der Waals surface area (Å²) in [6.45, 7) is 3.33. The molecule has 1 unspecified atom stereocenters. The monoisotopic (exact) mass is 388 g/mol. The summed E-state index contributed by atoms with van der Waals surface area (Å²) >= 11 is 0. The van der Waals surface area contributed by atoms with Crippen molar-refractivity contribution in [3.8, 4) is 0 Å². The summed E-state index contributed by atoms with van der Waals surface area (Å²) in [4.78, 5) is 28.5. The Labute approximate surface area is 163 Å². The van der Waals surface area contributed by atoms with Gasteiger partial charge in [-0.2, -0.15) is 0 Å². The first-order chi connectivity index (χ1) is 13.6. The van der Waals surface area contributed by atoms with Crippen LogP contribution in [-0.4, -0.2) is 53.9 Å². The minimum atomic E-state index is -0.415. The van der Waals surface area contributed by atoms with Crippen LogP contribution in [-0.2, 0) is 16.1 Å². The van der Waals surface area contributed by atoms with Crippen LogP contribution in [0, 0.1) is 5.82 Å². The van der Waals surface area contributed by atoms with E-state index >= 15 is 0 Å². The normalized spacial score (nSPS) is 17.6. The smallest absolute Gasteiger partial charge is 0.290 e. The number of unbranched alkanes of at least 4 members (excludes halogenated alkanes) is 1. The molecule has 2 aromatic rings. The third-order valence-electron chi connectivity index (χ3n) is 4.76. The zero-order valence-electron chi connectivity index (χ0n) is 16.0. The van der Waals surface area contributed by atoms with Gasteiger partial charge in [0.25, 0.3) is 5.91 Å². The van der Waals surface area contributed by atoms with Gasteiger partial charge in [-0.3, -0.25) is 9.59 Å². The molecular weight excluding hydrogens is 363 g/mol. The topological polar surface area (TPSA) is 63.0 Å². The lowest BCUT2D eigenvalue weighted by Crippen LogP contribution is -2.39. The molecule has 0 aliphatic carbocycles. The molecule has 1 aromatic heterocycles. The van der Waals surface area contributed by atoms with Gasteiger partial charge in [0.15, 0.2) is 5.76 Å². The first-order valence-electron chi connectivity index (χ1n) is 9.54. The molecule has 1 aromatic carbocycles. The second-order valence-corrected chi connectivity index (χ2v) is 6.88. The molecule has 2 amide bonds. The van der Waals surface area contributed by atoms with Crippen LogP contribution >= 0.6 is 0 Å². The van der Waals surface area contributed by atoms with Gasteiger partial charge in [0.2, 0.25) is 5.91 Å². The molecule has 0 bridgehead atoms. The number of amides is 2. The Bertz CT molecular complexity index is 793. The van der Waals surface area contributed by atoms with E-state index in [2.05, 4.69) is 6.92 Å². The zero-order chi connectivity index (χ0) is 19.9. The molecule has 0 N–H and O–H groups in total. The van der Waals surface area contributed by atoms with Crippen molar-refractivity contribution in [1.29, 1.82) is 0 Å². The van der Waals surface area contributed by atoms with E-state index in [9.17, 15) is 14.0 Å². The van der Waals surface area contributed by atoms with Gasteiger partial charge in [0.05, 0.1) is 19.0 Å². The number of furan rings is 1. The molecule has 0 radical (unpaired) electrons. The van der Waals surface area contributed by atoms with Gasteiger partial charge in [-0.25, -0.2) is 4.39 Å². The number of benzene rings is 1. The summed E-state index contributed by atoms with van der Waals surface area (Å²) in [5, 5.41) is 0. The van der Waals surface area contributed by atoms with Gasteiger partial charge in [-0.1, -0.05) is 31.5 Å². The number of hydrogen-bond acceptors (Lipinski definition) is 4. The Kier molecular flexibility index (Phi) is 6.81. The number of ether oxygens (including phenoxy) is 1. The molecule has 1 saturated heterocycles. The van der Waals surface area contributed by atoms with E-state index in [-0.39, 0.29) is 43.1 Å². The summed E-state index contributed by atoms with van der Waals surface area (Å²) in [7, 11) is 0. The van der Waals surface area contributed by atoms with Crippen LogP contribution in [0.2, 0.25) is 0 Å². The van der Waals surface area contributed by atoms with E-state index in [1.807, 2.05) is 0 Å². The number of rotatable bonds is 7. The summed E-state index contributed by atoms with van der Waals surface area (Å²) in [5.74, 6) is -0.623. The molecule has 1 aliphatic rings. The minimum absolute atomic E-state index is 0.0250. The number of carbonyl (C=O) groups is 2. The fourth-order valence-electron chi connectivity index (χ4n) is 3.18. The molecule has 1 aliphatic heterocycles. The molecule has 28 heavy (non-hydrogen) atoms. The molecule has 150 valence electrons. The Balaban J connectivity index is 1.74. The Hall–Kier alpha value is -2.67. The van der Waals surface area contributed by atoms with E-state index < -0.39 is 6.10 Å². The second kappa shape index (κ2) is 9.50. The molecule has 2 heterocycles. The molecule has 3 rings (SSSR count). The third-order valence-corrected chi connectivity index (χ3v) is 4.76. The molecule has 1 atom stereocenters. The number of halogens is 1. The maximum absolute atomic E-state index is 13.9. The quantitative estimate of drug-likeness (QED) is 0.731. The average Bonchev–Trinajstić information content (AvgIpc) is 3.18. The van der Waals surface area contributed by atoms with Crippen molar-refractivity contribution in [1.82, 2.24) is 9.80 Å². The van der Waals surface area contributed by atoms with E-state index in [0.29, 0.717) is 18.7 Å². The highest BCUT2D eigenvalue weighted by Gasteiger charge is 2.32. The first kappa shape index (κ1) is 20.1. The maximum Gasteiger partial charge on any atom is 0.290 e. The molecular formula is C21H25FN2O4. The lowest BCUT2D eigenvalue weighted by atomic mass is 10.2. The van der Waals surface area contributed by atoms with E-state index in [1.165, 1.54) is 17.2 Å². The van der Waals surface area contributed by atoms with Crippen LogP contribution in [0.1, 0.15) is 35.9 Å². The number of carbonyl (C=O) groups excluding carboxylic acids is 2. The molecule has 7 heteroatoms. The van der Waals surface area contributed by atoms with Crippen LogP contribution in [0.15, 0.2) is 47.1 Å². The Morgan fingerprint density at radius 3 is 2.79 bits per heavy atom. The van der Waals surface area contributed by atoms with Crippen molar-refractivity contribution in [2.24, 2.45) is 0 Å². The molecule has 1 fully saturated rings. The molecule has 0 saturated carbocycles. The minimum Gasteiger partial charge on any atom is -0.459 e. The lowest BCUT2D eigenvalue weighted by Gasteiger charge is -2.24. The highest BCUT2D eigenvalue weighted by molar-refractivity contribution is 5.94. The van der Waals surface area contributed by atoms with Gasteiger partial charge in [0, 0.05) is 25.2 Å². The summed E-state index contributed by atoms with van der Waals surface area (Å²) < 4.78 is 25.0. The van der Waals surface area contributed by atoms with Crippen LogP contribution in [0.3, 0.4) is 0 Å². The summed E-state index contributed by atoms with van der Waals surface area (Å²) in [5.41, 5.74) is 0.446. The molecule has 6 nitrogen and oxygen atoms in total.